The summed E-state index contributed by atoms with van der Waals surface area (Å²) in [5.74, 6) is 0.686. The molecule has 2 fully saturated rings. The van der Waals surface area contributed by atoms with E-state index in [1.54, 1.807) is 24.6 Å². The van der Waals surface area contributed by atoms with Crippen molar-refractivity contribution in [2.75, 3.05) is 44.3 Å². The predicted octanol–water partition coefficient (Wildman–Crippen LogP) is 1.52. The van der Waals surface area contributed by atoms with Crippen LogP contribution in [0, 0.1) is 6.92 Å². The molecule has 2 aliphatic rings. The van der Waals surface area contributed by atoms with E-state index in [4.69, 9.17) is 16.3 Å². The Balaban J connectivity index is 1.33. The van der Waals surface area contributed by atoms with Crippen LogP contribution in [0.4, 0.5) is 5.95 Å². The Bertz CT molecular complexity index is 1310. The molecule has 0 N–H and O–H groups in total. The fourth-order valence-electron chi connectivity index (χ4n) is 4.71. The van der Waals surface area contributed by atoms with E-state index in [1.807, 2.05) is 12.4 Å². The van der Waals surface area contributed by atoms with E-state index in [0.717, 1.165) is 38.4 Å². The SMILES string of the molecule is Cc1nc2c(cc1Cl)n(C)c(=O)c(=O)n2C1CCN(c2ncc(CN3CCOCC3)cn2)CC1. The van der Waals surface area contributed by atoms with E-state index in [1.165, 1.54) is 4.57 Å². The first-order chi connectivity index (χ1) is 16.4. The molecule has 0 bridgehead atoms. The van der Waals surface area contributed by atoms with Gasteiger partial charge in [0.1, 0.15) is 0 Å². The quantitative estimate of drug-likeness (QED) is 0.513. The van der Waals surface area contributed by atoms with Gasteiger partial charge in [-0.15, -0.1) is 0 Å². The molecule has 0 amide bonds. The summed E-state index contributed by atoms with van der Waals surface area (Å²) in [6, 6.07) is 1.58. The predicted molar refractivity (Wildman–Crippen MR) is 130 cm³/mol. The first kappa shape index (κ1) is 22.9. The summed E-state index contributed by atoms with van der Waals surface area (Å²) in [6.07, 6.45) is 5.15. The maximum absolute atomic E-state index is 13.0. The first-order valence-electron chi connectivity index (χ1n) is 11.6. The van der Waals surface area contributed by atoms with E-state index in [9.17, 15) is 9.59 Å². The monoisotopic (exact) mass is 485 g/mol. The van der Waals surface area contributed by atoms with E-state index in [2.05, 4.69) is 24.8 Å². The van der Waals surface area contributed by atoms with Crippen LogP contribution in [0.5, 0.6) is 0 Å². The molecule has 2 aliphatic heterocycles. The number of piperidine rings is 1. The first-order valence-corrected chi connectivity index (χ1v) is 11.9. The molecule has 3 aromatic heterocycles. The molecule has 5 rings (SSSR count). The van der Waals surface area contributed by atoms with Gasteiger partial charge in [0, 0.05) is 63.8 Å². The zero-order chi connectivity index (χ0) is 23.8. The fraction of sp³-hybridized carbons (Fsp3) is 0.522. The normalized spacial score (nSPS) is 18.0. The highest BCUT2D eigenvalue weighted by Crippen LogP contribution is 2.27. The molecule has 0 aromatic carbocycles. The van der Waals surface area contributed by atoms with Crippen LogP contribution >= 0.6 is 11.6 Å². The van der Waals surface area contributed by atoms with Gasteiger partial charge in [0.25, 0.3) is 0 Å². The lowest BCUT2D eigenvalue weighted by atomic mass is 10.0. The van der Waals surface area contributed by atoms with Crippen LogP contribution in [0.1, 0.15) is 30.1 Å². The van der Waals surface area contributed by atoms with Crippen LogP contribution < -0.4 is 16.0 Å². The van der Waals surface area contributed by atoms with Crippen molar-refractivity contribution in [1.29, 1.82) is 0 Å². The second-order valence-electron chi connectivity index (χ2n) is 8.94. The second kappa shape index (κ2) is 9.44. The largest absolute Gasteiger partial charge is 0.379 e. The molecule has 10 nitrogen and oxygen atoms in total. The van der Waals surface area contributed by atoms with Crippen molar-refractivity contribution in [2.24, 2.45) is 7.05 Å². The lowest BCUT2D eigenvalue weighted by Gasteiger charge is -2.33. The third-order valence-corrected chi connectivity index (χ3v) is 7.10. The Morgan fingerprint density at radius 1 is 1.06 bits per heavy atom. The molecule has 5 heterocycles. The molecule has 180 valence electrons. The van der Waals surface area contributed by atoms with Gasteiger partial charge in [-0.2, -0.15) is 0 Å². The fourth-order valence-corrected chi connectivity index (χ4v) is 4.85. The molecule has 0 atom stereocenters. The minimum absolute atomic E-state index is 0.131. The number of hydrogen-bond donors (Lipinski definition) is 0. The summed E-state index contributed by atoms with van der Waals surface area (Å²) in [6.45, 7) is 7.36. The topological polar surface area (TPSA) is 98.4 Å². The Morgan fingerprint density at radius 2 is 1.74 bits per heavy atom. The van der Waals surface area contributed by atoms with Gasteiger partial charge in [-0.05, 0) is 25.8 Å². The average Bonchev–Trinajstić information content (AvgIpc) is 2.86. The standard InChI is InChI=1S/C23H28ClN7O3/c1-15-18(24)11-19-20(27-15)31(22(33)21(32)28(19)2)17-3-5-30(6-4-17)23-25-12-16(13-26-23)14-29-7-9-34-10-8-29/h11-13,17H,3-10,14H2,1-2H3. The average molecular weight is 486 g/mol. The Labute approximate surface area is 201 Å². The summed E-state index contributed by atoms with van der Waals surface area (Å²) >= 11 is 6.25. The van der Waals surface area contributed by atoms with Crippen molar-refractivity contribution in [1.82, 2.24) is 29.0 Å². The van der Waals surface area contributed by atoms with Crippen molar-refractivity contribution in [2.45, 2.75) is 32.4 Å². The number of halogens is 1. The van der Waals surface area contributed by atoms with Gasteiger partial charge in [-0.3, -0.25) is 19.1 Å². The zero-order valence-electron chi connectivity index (χ0n) is 19.4. The number of hydrogen-bond acceptors (Lipinski definition) is 8. The molecule has 0 spiro atoms. The highest BCUT2D eigenvalue weighted by molar-refractivity contribution is 6.31. The van der Waals surface area contributed by atoms with E-state index in [0.29, 0.717) is 53.8 Å². The van der Waals surface area contributed by atoms with Gasteiger partial charge in [-0.25, -0.2) is 15.0 Å². The van der Waals surface area contributed by atoms with Crippen molar-refractivity contribution < 1.29 is 4.74 Å². The van der Waals surface area contributed by atoms with Gasteiger partial charge < -0.3 is 14.2 Å². The lowest BCUT2D eigenvalue weighted by molar-refractivity contribution is 0.0341. The number of aromatic nitrogens is 5. The highest BCUT2D eigenvalue weighted by Gasteiger charge is 2.26. The second-order valence-corrected chi connectivity index (χ2v) is 9.34. The molecule has 34 heavy (non-hydrogen) atoms. The van der Waals surface area contributed by atoms with E-state index >= 15 is 0 Å². The number of anilines is 1. The van der Waals surface area contributed by atoms with Crippen LogP contribution in [-0.2, 0) is 18.3 Å². The molecule has 0 saturated carbocycles. The van der Waals surface area contributed by atoms with E-state index in [-0.39, 0.29) is 6.04 Å². The van der Waals surface area contributed by atoms with Crippen molar-refractivity contribution in [3.63, 3.8) is 0 Å². The molecule has 2 saturated heterocycles. The maximum atomic E-state index is 13.0. The van der Waals surface area contributed by atoms with Crippen LogP contribution in [0.15, 0.2) is 28.0 Å². The molecular formula is C23H28ClN7O3. The summed E-state index contributed by atoms with van der Waals surface area (Å²) in [5.41, 5.74) is 1.64. The highest BCUT2D eigenvalue weighted by atomic mass is 35.5. The van der Waals surface area contributed by atoms with E-state index < -0.39 is 11.1 Å². The minimum Gasteiger partial charge on any atom is -0.379 e. The third kappa shape index (κ3) is 4.33. The molecule has 0 aliphatic carbocycles. The number of aryl methyl sites for hydroxylation is 2. The summed E-state index contributed by atoms with van der Waals surface area (Å²) in [5, 5.41) is 0.469. The molecule has 0 unspecified atom stereocenters. The minimum atomic E-state index is -0.573. The van der Waals surface area contributed by atoms with Gasteiger partial charge in [0.15, 0.2) is 5.65 Å². The van der Waals surface area contributed by atoms with Crippen LogP contribution in [0.25, 0.3) is 11.2 Å². The Hall–Kier alpha value is -2.82. The summed E-state index contributed by atoms with van der Waals surface area (Å²) < 4.78 is 8.29. The van der Waals surface area contributed by atoms with Gasteiger partial charge in [0.05, 0.1) is 29.4 Å². The maximum Gasteiger partial charge on any atom is 0.318 e. The molecular weight excluding hydrogens is 458 g/mol. The molecule has 0 radical (unpaired) electrons. The summed E-state index contributed by atoms with van der Waals surface area (Å²) in [4.78, 5) is 43.8. The summed E-state index contributed by atoms with van der Waals surface area (Å²) in [7, 11) is 1.58. The number of rotatable bonds is 4. The Morgan fingerprint density at radius 3 is 2.41 bits per heavy atom. The van der Waals surface area contributed by atoms with Crippen LogP contribution in [-0.4, -0.2) is 68.4 Å². The van der Waals surface area contributed by atoms with Crippen LogP contribution in [0.3, 0.4) is 0 Å². The zero-order valence-corrected chi connectivity index (χ0v) is 20.2. The van der Waals surface area contributed by atoms with Crippen molar-refractivity contribution in [3.8, 4) is 0 Å². The number of ether oxygens (including phenoxy) is 1. The van der Waals surface area contributed by atoms with Crippen molar-refractivity contribution in [3.05, 3.63) is 55.4 Å². The Kier molecular flexibility index (Phi) is 6.37. The smallest absolute Gasteiger partial charge is 0.318 e. The number of fused-ring (bicyclic) bond motifs is 1. The number of pyridine rings is 1. The van der Waals surface area contributed by atoms with Crippen LogP contribution in [0.2, 0.25) is 5.02 Å². The van der Waals surface area contributed by atoms with Gasteiger partial charge in [0.2, 0.25) is 5.95 Å². The third-order valence-electron chi connectivity index (χ3n) is 6.72. The van der Waals surface area contributed by atoms with Crippen molar-refractivity contribution >= 4 is 28.7 Å². The lowest BCUT2D eigenvalue weighted by Crippen LogP contribution is -2.45. The number of morpholine rings is 1. The molecule has 3 aromatic rings. The van der Waals surface area contributed by atoms with Gasteiger partial charge >= 0.3 is 11.1 Å². The number of nitrogens with zero attached hydrogens (tertiary/aromatic N) is 7. The molecule has 11 heteroatoms. The van der Waals surface area contributed by atoms with Gasteiger partial charge in [-0.1, -0.05) is 11.6 Å².